The van der Waals surface area contributed by atoms with Crippen LogP contribution in [0.5, 0.6) is 0 Å². The van der Waals surface area contributed by atoms with Crippen molar-refractivity contribution in [2.75, 3.05) is 0 Å². The molecule has 3 nitrogen and oxygen atoms in total. The maximum absolute atomic E-state index is 6.40. The summed E-state index contributed by atoms with van der Waals surface area (Å²) in [6.45, 7) is 0. The van der Waals surface area contributed by atoms with Crippen molar-refractivity contribution in [3.63, 3.8) is 0 Å². The van der Waals surface area contributed by atoms with E-state index in [1.165, 1.54) is 32.1 Å². The van der Waals surface area contributed by atoms with E-state index in [2.05, 4.69) is 10.2 Å². The van der Waals surface area contributed by atoms with Crippen molar-refractivity contribution >= 4 is 11.6 Å². The summed E-state index contributed by atoms with van der Waals surface area (Å²) < 4.78 is 5.74. The standard InChI is InChI=1S/C17H21ClN2O/c18-16(14-9-5-2-6-10-14)17-20-19-15(21-17)12-11-13-7-3-1-4-8-13/h2,5-6,9-10,13,16H,1,3-4,7-8,11-12H2. The maximum atomic E-state index is 6.40. The van der Waals surface area contributed by atoms with Gasteiger partial charge in [-0.2, -0.15) is 0 Å². The molecular weight excluding hydrogens is 284 g/mol. The molecule has 21 heavy (non-hydrogen) atoms. The Morgan fingerprint density at radius 2 is 1.86 bits per heavy atom. The van der Waals surface area contributed by atoms with Crippen LogP contribution in [0.2, 0.25) is 0 Å². The summed E-state index contributed by atoms with van der Waals surface area (Å²) in [7, 11) is 0. The zero-order chi connectivity index (χ0) is 14.5. The van der Waals surface area contributed by atoms with Crippen molar-refractivity contribution in [3.05, 3.63) is 47.7 Å². The minimum atomic E-state index is -0.359. The molecule has 4 heteroatoms. The number of benzene rings is 1. The van der Waals surface area contributed by atoms with Crippen LogP contribution in [0.25, 0.3) is 0 Å². The smallest absolute Gasteiger partial charge is 0.238 e. The highest BCUT2D eigenvalue weighted by molar-refractivity contribution is 6.22. The monoisotopic (exact) mass is 304 g/mol. The molecule has 1 aromatic carbocycles. The molecule has 0 radical (unpaired) electrons. The van der Waals surface area contributed by atoms with Crippen molar-refractivity contribution in [3.8, 4) is 0 Å². The van der Waals surface area contributed by atoms with Gasteiger partial charge in [-0.05, 0) is 17.9 Å². The molecule has 2 aromatic rings. The molecule has 0 saturated heterocycles. The second-order valence-electron chi connectivity index (χ2n) is 5.85. The van der Waals surface area contributed by atoms with E-state index in [-0.39, 0.29) is 5.38 Å². The SMILES string of the molecule is ClC(c1ccccc1)c1nnc(CCC2CCCCC2)o1. The lowest BCUT2D eigenvalue weighted by atomic mass is 9.86. The van der Waals surface area contributed by atoms with E-state index in [0.717, 1.165) is 30.2 Å². The van der Waals surface area contributed by atoms with E-state index in [9.17, 15) is 0 Å². The molecule has 0 amide bonds. The average Bonchev–Trinajstić information content (AvgIpc) is 3.03. The summed E-state index contributed by atoms with van der Waals surface area (Å²) >= 11 is 6.40. The Hall–Kier alpha value is -1.35. The molecule has 0 aliphatic heterocycles. The van der Waals surface area contributed by atoms with Gasteiger partial charge in [0.1, 0.15) is 5.38 Å². The second kappa shape index (κ2) is 7.08. The molecule has 1 aromatic heterocycles. The molecule has 1 heterocycles. The van der Waals surface area contributed by atoms with Crippen molar-refractivity contribution < 1.29 is 4.42 Å². The van der Waals surface area contributed by atoms with Crippen LogP contribution in [0.3, 0.4) is 0 Å². The Kier molecular flexibility index (Phi) is 4.91. The predicted octanol–water partition coefficient (Wildman–Crippen LogP) is 4.91. The van der Waals surface area contributed by atoms with Gasteiger partial charge in [0.15, 0.2) is 0 Å². The van der Waals surface area contributed by atoms with Gasteiger partial charge in [0.05, 0.1) is 0 Å². The molecule has 0 spiro atoms. The quantitative estimate of drug-likeness (QED) is 0.737. The number of alkyl halides is 1. The van der Waals surface area contributed by atoms with E-state index in [1.807, 2.05) is 30.3 Å². The van der Waals surface area contributed by atoms with Crippen molar-refractivity contribution in [2.45, 2.75) is 50.3 Å². The van der Waals surface area contributed by atoms with Crippen LogP contribution < -0.4 is 0 Å². The lowest BCUT2D eigenvalue weighted by molar-refractivity contribution is 0.326. The third-order valence-corrected chi connectivity index (χ3v) is 4.72. The van der Waals surface area contributed by atoms with Crippen LogP contribution >= 0.6 is 11.6 Å². The van der Waals surface area contributed by atoms with Crippen LogP contribution in [-0.4, -0.2) is 10.2 Å². The van der Waals surface area contributed by atoms with Gasteiger partial charge in [-0.1, -0.05) is 62.4 Å². The Labute approximate surface area is 130 Å². The Morgan fingerprint density at radius 1 is 1.10 bits per heavy atom. The number of aryl methyl sites for hydroxylation is 1. The largest absolute Gasteiger partial charge is 0.423 e. The third kappa shape index (κ3) is 3.85. The molecule has 0 N–H and O–H groups in total. The van der Waals surface area contributed by atoms with Gasteiger partial charge in [-0.25, -0.2) is 0 Å². The highest BCUT2D eigenvalue weighted by Gasteiger charge is 2.19. The topological polar surface area (TPSA) is 38.9 Å². The summed E-state index contributed by atoms with van der Waals surface area (Å²) in [6.07, 6.45) is 8.86. The fraction of sp³-hybridized carbons (Fsp3) is 0.529. The molecule has 112 valence electrons. The Bertz CT molecular complexity index is 549. The van der Waals surface area contributed by atoms with Gasteiger partial charge in [0, 0.05) is 6.42 Å². The fourth-order valence-electron chi connectivity index (χ4n) is 3.04. The molecule has 3 rings (SSSR count). The minimum absolute atomic E-state index is 0.359. The first-order chi connectivity index (χ1) is 10.3. The first-order valence-electron chi connectivity index (χ1n) is 7.84. The number of aromatic nitrogens is 2. The van der Waals surface area contributed by atoms with Crippen LogP contribution in [0.15, 0.2) is 34.7 Å². The van der Waals surface area contributed by atoms with Crippen molar-refractivity contribution in [2.24, 2.45) is 5.92 Å². The number of rotatable bonds is 5. The Balaban J connectivity index is 1.58. The normalized spacial score (nSPS) is 17.8. The van der Waals surface area contributed by atoms with E-state index in [0.29, 0.717) is 5.89 Å². The van der Waals surface area contributed by atoms with E-state index in [1.54, 1.807) is 0 Å². The fourth-order valence-corrected chi connectivity index (χ4v) is 3.27. The first-order valence-corrected chi connectivity index (χ1v) is 8.28. The summed E-state index contributed by atoms with van der Waals surface area (Å²) in [5, 5.41) is 7.89. The molecule has 1 fully saturated rings. The highest BCUT2D eigenvalue weighted by atomic mass is 35.5. The molecule has 0 bridgehead atoms. The maximum Gasteiger partial charge on any atom is 0.238 e. The third-order valence-electron chi connectivity index (χ3n) is 4.28. The van der Waals surface area contributed by atoms with E-state index in [4.69, 9.17) is 16.0 Å². The Morgan fingerprint density at radius 3 is 2.62 bits per heavy atom. The summed E-state index contributed by atoms with van der Waals surface area (Å²) in [5.74, 6) is 2.05. The van der Waals surface area contributed by atoms with E-state index >= 15 is 0 Å². The molecule has 1 saturated carbocycles. The van der Waals surface area contributed by atoms with Crippen LogP contribution in [0, 0.1) is 5.92 Å². The number of nitrogens with zero attached hydrogens (tertiary/aromatic N) is 2. The summed E-state index contributed by atoms with van der Waals surface area (Å²) in [4.78, 5) is 0. The lowest BCUT2D eigenvalue weighted by Crippen LogP contribution is -2.07. The zero-order valence-corrected chi connectivity index (χ0v) is 12.9. The summed E-state index contributed by atoms with van der Waals surface area (Å²) in [5.41, 5.74) is 0.988. The van der Waals surface area contributed by atoms with Crippen molar-refractivity contribution in [1.29, 1.82) is 0 Å². The van der Waals surface area contributed by atoms with Gasteiger partial charge in [-0.15, -0.1) is 21.8 Å². The highest BCUT2D eigenvalue weighted by Crippen LogP contribution is 2.29. The van der Waals surface area contributed by atoms with Crippen LogP contribution in [0.4, 0.5) is 0 Å². The average molecular weight is 305 g/mol. The number of halogens is 1. The minimum Gasteiger partial charge on any atom is -0.423 e. The molecule has 1 aliphatic rings. The lowest BCUT2D eigenvalue weighted by Gasteiger charge is -2.20. The van der Waals surface area contributed by atoms with Crippen molar-refractivity contribution in [1.82, 2.24) is 10.2 Å². The molecule has 1 aliphatic carbocycles. The van der Waals surface area contributed by atoms with Gasteiger partial charge in [0.25, 0.3) is 0 Å². The molecule has 1 atom stereocenters. The van der Waals surface area contributed by atoms with Gasteiger partial charge >= 0.3 is 0 Å². The number of hydrogen-bond acceptors (Lipinski definition) is 3. The molecule has 1 unspecified atom stereocenters. The zero-order valence-electron chi connectivity index (χ0n) is 12.2. The van der Waals surface area contributed by atoms with Crippen LogP contribution in [0.1, 0.15) is 61.2 Å². The summed E-state index contributed by atoms with van der Waals surface area (Å²) in [6, 6.07) is 9.85. The van der Waals surface area contributed by atoms with Crippen LogP contribution in [-0.2, 0) is 6.42 Å². The van der Waals surface area contributed by atoms with E-state index < -0.39 is 0 Å². The first kappa shape index (κ1) is 14.6. The van der Waals surface area contributed by atoms with Gasteiger partial charge < -0.3 is 4.42 Å². The van der Waals surface area contributed by atoms with Gasteiger partial charge in [0.2, 0.25) is 11.8 Å². The molecular formula is C17H21ClN2O. The van der Waals surface area contributed by atoms with Gasteiger partial charge in [-0.3, -0.25) is 0 Å². The number of hydrogen-bond donors (Lipinski definition) is 0. The predicted molar refractivity (Wildman–Crippen MR) is 83.3 cm³/mol. The second-order valence-corrected chi connectivity index (χ2v) is 6.29.